The zero-order valence-electron chi connectivity index (χ0n) is 10.6. The average Bonchev–Trinajstić information content (AvgIpc) is 2.29. The van der Waals surface area contributed by atoms with Crippen LogP contribution < -0.4 is 0 Å². The molecule has 1 aliphatic carbocycles. The number of esters is 2. The van der Waals surface area contributed by atoms with Crippen molar-refractivity contribution in [1.29, 1.82) is 0 Å². The standard InChI is InChI=1S/C12H18O5/c1-12(2)8(10(14)16-3)5-7(13)6-9(12)11(15)17-4/h8-9H,5-6H2,1-4H3. The summed E-state index contributed by atoms with van der Waals surface area (Å²) < 4.78 is 9.38. The molecule has 0 amide bonds. The third kappa shape index (κ3) is 2.48. The van der Waals surface area contributed by atoms with Crippen molar-refractivity contribution in [3.63, 3.8) is 0 Å². The fourth-order valence-electron chi connectivity index (χ4n) is 2.37. The number of ketones is 1. The van der Waals surface area contributed by atoms with Crippen molar-refractivity contribution in [2.24, 2.45) is 17.3 Å². The Morgan fingerprint density at radius 1 is 1.06 bits per heavy atom. The lowest BCUT2D eigenvalue weighted by atomic mass is 9.62. The molecule has 0 heterocycles. The number of carbonyl (C=O) groups excluding carboxylic acids is 3. The fraction of sp³-hybridized carbons (Fsp3) is 0.750. The van der Waals surface area contributed by atoms with Crippen LogP contribution in [0, 0.1) is 17.3 Å². The lowest BCUT2D eigenvalue weighted by Gasteiger charge is -2.41. The molecule has 1 fully saturated rings. The first-order valence-corrected chi connectivity index (χ1v) is 5.52. The molecule has 0 spiro atoms. The SMILES string of the molecule is COC(=O)C1CC(=O)CC(C(=O)OC)C1(C)C. The predicted octanol–water partition coefficient (Wildman–Crippen LogP) is 0.954. The third-order valence-corrected chi connectivity index (χ3v) is 3.63. The normalized spacial score (nSPS) is 27.4. The molecule has 5 nitrogen and oxygen atoms in total. The quantitative estimate of drug-likeness (QED) is 0.674. The van der Waals surface area contributed by atoms with Crippen LogP contribution in [0.2, 0.25) is 0 Å². The van der Waals surface area contributed by atoms with Crippen molar-refractivity contribution < 1.29 is 23.9 Å². The molecule has 0 aromatic rings. The lowest BCUT2D eigenvalue weighted by Crippen LogP contribution is -2.47. The van der Waals surface area contributed by atoms with Gasteiger partial charge in [-0.25, -0.2) is 0 Å². The van der Waals surface area contributed by atoms with Crippen LogP contribution >= 0.6 is 0 Å². The van der Waals surface area contributed by atoms with Gasteiger partial charge in [0.2, 0.25) is 0 Å². The van der Waals surface area contributed by atoms with E-state index in [0.29, 0.717) is 0 Å². The summed E-state index contributed by atoms with van der Waals surface area (Å²) in [6.45, 7) is 3.59. The fourth-order valence-corrected chi connectivity index (χ4v) is 2.37. The van der Waals surface area contributed by atoms with Gasteiger partial charge >= 0.3 is 11.9 Å². The summed E-state index contributed by atoms with van der Waals surface area (Å²) in [5.74, 6) is -2.17. The molecule has 2 atom stereocenters. The van der Waals surface area contributed by atoms with Crippen LogP contribution in [-0.4, -0.2) is 31.9 Å². The Morgan fingerprint density at radius 3 is 1.71 bits per heavy atom. The van der Waals surface area contributed by atoms with E-state index in [1.165, 1.54) is 14.2 Å². The molecule has 0 radical (unpaired) electrons. The number of methoxy groups -OCH3 is 2. The maximum atomic E-state index is 11.7. The van der Waals surface area contributed by atoms with Crippen LogP contribution in [0.4, 0.5) is 0 Å². The van der Waals surface area contributed by atoms with E-state index in [2.05, 4.69) is 0 Å². The molecule has 96 valence electrons. The van der Waals surface area contributed by atoms with E-state index in [9.17, 15) is 14.4 Å². The Kier molecular flexibility index (Phi) is 3.91. The summed E-state index contributed by atoms with van der Waals surface area (Å²) in [7, 11) is 2.56. The minimum Gasteiger partial charge on any atom is -0.469 e. The zero-order valence-corrected chi connectivity index (χ0v) is 10.6. The van der Waals surface area contributed by atoms with Gasteiger partial charge in [-0.3, -0.25) is 14.4 Å². The smallest absolute Gasteiger partial charge is 0.309 e. The lowest BCUT2D eigenvalue weighted by molar-refractivity contribution is -0.165. The molecule has 1 aliphatic rings. The Labute approximate surface area is 100 Å². The van der Waals surface area contributed by atoms with Crippen molar-refractivity contribution in [1.82, 2.24) is 0 Å². The van der Waals surface area contributed by atoms with Gasteiger partial charge in [0.15, 0.2) is 0 Å². The van der Waals surface area contributed by atoms with Crippen molar-refractivity contribution in [3.8, 4) is 0 Å². The average molecular weight is 242 g/mol. The van der Waals surface area contributed by atoms with Gasteiger partial charge < -0.3 is 9.47 Å². The van der Waals surface area contributed by atoms with E-state index in [1.54, 1.807) is 13.8 Å². The molecule has 0 bridgehead atoms. The number of hydrogen-bond donors (Lipinski definition) is 0. The highest BCUT2D eigenvalue weighted by Gasteiger charge is 2.50. The van der Waals surface area contributed by atoms with E-state index in [1.807, 2.05) is 0 Å². The topological polar surface area (TPSA) is 69.7 Å². The van der Waals surface area contributed by atoms with Crippen LogP contribution in [0.15, 0.2) is 0 Å². The highest BCUT2D eigenvalue weighted by Crippen LogP contribution is 2.44. The second-order valence-electron chi connectivity index (χ2n) is 4.92. The molecule has 2 unspecified atom stereocenters. The minimum absolute atomic E-state index is 0.102. The van der Waals surface area contributed by atoms with Crippen LogP contribution in [0.3, 0.4) is 0 Å². The highest BCUT2D eigenvalue weighted by atomic mass is 16.5. The number of rotatable bonds is 2. The van der Waals surface area contributed by atoms with Crippen molar-refractivity contribution in [2.45, 2.75) is 26.7 Å². The summed E-state index contributed by atoms with van der Waals surface area (Å²) in [6, 6.07) is 0. The number of hydrogen-bond acceptors (Lipinski definition) is 5. The van der Waals surface area contributed by atoms with Crippen LogP contribution in [0.1, 0.15) is 26.7 Å². The molecular weight excluding hydrogens is 224 g/mol. The van der Waals surface area contributed by atoms with Crippen LogP contribution in [0.5, 0.6) is 0 Å². The Balaban J connectivity index is 3.04. The highest BCUT2D eigenvalue weighted by molar-refractivity contribution is 5.91. The number of Topliss-reactive ketones (excluding diaryl/α,β-unsaturated/α-hetero) is 1. The van der Waals surface area contributed by atoms with Crippen molar-refractivity contribution in [3.05, 3.63) is 0 Å². The maximum absolute atomic E-state index is 11.7. The van der Waals surface area contributed by atoms with Gasteiger partial charge in [-0.2, -0.15) is 0 Å². The van der Waals surface area contributed by atoms with E-state index < -0.39 is 29.2 Å². The molecule has 1 saturated carbocycles. The Morgan fingerprint density at radius 2 is 1.41 bits per heavy atom. The van der Waals surface area contributed by atoms with Gasteiger partial charge in [-0.1, -0.05) is 13.8 Å². The van der Waals surface area contributed by atoms with Crippen molar-refractivity contribution in [2.75, 3.05) is 14.2 Å². The summed E-state index contributed by atoms with van der Waals surface area (Å²) >= 11 is 0. The third-order valence-electron chi connectivity index (χ3n) is 3.63. The number of carbonyl (C=O) groups is 3. The van der Waals surface area contributed by atoms with Gasteiger partial charge in [0.1, 0.15) is 5.78 Å². The maximum Gasteiger partial charge on any atom is 0.309 e. The summed E-state index contributed by atoms with van der Waals surface area (Å²) in [6.07, 6.45) is 0.264. The first kappa shape index (κ1) is 13.7. The van der Waals surface area contributed by atoms with Gasteiger partial charge in [0.05, 0.1) is 26.1 Å². The van der Waals surface area contributed by atoms with Gasteiger partial charge in [-0.15, -0.1) is 0 Å². The second kappa shape index (κ2) is 4.85. The van der Waals surface area contributed by atoms with Gasteiger partial charge in [0.25, 0.3) is 0 Å². The molecule has 0 saturated heterocycles. The molecule has 0 aromatic heterocycles. The zero-order chi connectivity index (χ0) is 13.2. The molecule has 17 heavy (non-hydrogen) atoms. The van der Waals surface area contributed by atoms with Gasteiger partial charge in [0, 0.05) is 12.8 Å². The first-order valence-electron chi connectivity index (χ1n) is 5.52. The summed E-state index contributed by atoms with van der Waals surface area (Å²) in [4.78, 5) is 34.9. The van der Waals surface area contributed by atoms with E-state index in [-0.39, 0.29) is 18.6 Å². The molecule has 5 heteroatoms. The molecule has 0 aromatic carbocycles. The molecule has 0 aliphatic heterocycles. The second-order valence-corrected chi connectivity index (χ2v) is 4.92. The van der Waals surface area contributed by atoms with Crippen molar-refractivity contribution >= 4 is 17.7 Å². The largest absolute Gasteiger partial charge is 0.469 e. The molecule has 1 rings (SSSR count). The van der Waals surface area contributed by atoms with E-state index in [0.717, 1.165) is 0 Å². The van der Waals surface area contributed by atoms with E-state index >= 15 is 0 Å². The summed E-state index contributed by atoms with van der Waals surface area (Å²) in [5, 5.41) is 0. The van der Waals surface area contributed by atoms with Gasteiger partial charge in [-0.05, 0) is 5.41 Å². The Bertz CT molecular complexity index is 315. The first-order chi connectivity index (χ1) is 7.84. The monoisotopic (exact) mass is 242 g/mol. The minimum atomic E-state index is -0.631. The van der Waals surface area contributed by atoms with E-state index in [4.69, 9.17) is 9.47 Å². The number of ether oxygens (including phenoxy) is 2. The Hall–Kier alpha value is -1.39. The molecular formula is C12H18O5. The summed E-state index contributed by atoms with van der Waals surface area (Å²) in [5.41, 5.74) is -0.631. The predicted molar refractivity (Wildman–Crippen MR) is 59.0 cm³/mol. The molecule has 0 N–H and O–H groups in total. The van der Waals surface area contributed by atoms with Crippen LogP contribution in [-0.2, 0) is 23.9 Å². The van der Waals surface area contributed by atoms with Crippen LogP contribution in [0.25, 0.3) is 0 Å².